The van der Waals surface area contributed by atoms with Crippen molar-refractivity contribution in [3.63, 3.8) is 0 Å². The van der Waals surface area contributed by atoms with Crippen LogP contribution in [-0.4, -0.2) is 0 Å². The largest absolute Gasteiger partial charge is 0.0991 e. The van der Waals surface area contributed by atoms with E-state index in [4.69, 9.17) is 0 Å². The Hall–Kier alpha value is -1.56. The quantitative estimate of drug-likeness (QED) is 0.559. The highest BCUT2D eigenvalue weighted by atomic mass is 14.0. The smallest absolute Gasteiger partial charge is 0.0233 e. The summed E-state index contributed by atoms with van der Waals surface area (Å²) in [5.74, 6) is 0. The van der Waals surface area contributed by atoms with Gasteiger partial charge in [0.1, 0.15) is 0 Å². The van der Waals surface area contributed by atoms with E-state index in [1.54, 1.807) is 6.08 Å². The van der Waals surface area contributed by atoms with Crippen LogP contribution < -0.4 is 0 Å². The molecule has 74 valence electrons. The summed E-state index contributed by atoms with van der Waals surface area (Å²) in [5.41, 5.74) is 3.11. The molecular formula is C14H18. The van der Waals surface area contributed by atoms with Crippen LogP contribution in [0, 0.1) is 0 Å². The van der Waals surface area contributed by atoms with Crippen LogP contribution in [0.4, 0.5) is 0 Å². The summed E-state index contributed by atoms with van der Waals surface area (Å²) < 4.78 is 0. The highest BCUT2D eigenvalue weighted by molar-refractivity contribution is 5.46. The minimum atomic E-state index is 0.977. The van der Waals surface area contributed by atoms with E-state index in [-0.39, 0.29) is 0 Å². The topological polar surface area (TPSA) is 0 Å². The molecule has 0 atom stereocenters. The Kier molecular flexibility index (Phi) is 6.13. The molecule has 0 bridgehead atoms. The van der Waals surface area contributed by atoms with Crippen LogP contribution in [0.2, 0.25) is 0 Å². The summed E-state index contributed by atoms with van der Waals surface area (Å²) in [5, 5.41) is 0. The van der Waals surface area contributed by atoms with Crippen LogP contribution in [-0.2, 0) is 0 Å². The first-order valence-electron chi connectivity index (χ1n) is 4.60. The molecule has 0 spiro atoms. The van der Waals surface area contributed by atoms with E-state index < -0.39 is 0 Å². The Labute approximate surface area is 87.3 Å². The van der Waals surface area contributed by atoms with E-state index in [1.165, 1.54) is 0 Å². The van der Waals surface area contributed by atoms with Crippen LogP contribution in [0.3, 0.4) is 0 Å². The molecule has 0 amide bonds. The monoisotopic (exact) mass is 186 g/mol. The summed E-state index contributed by atoms with van der Waals surface area (Å²) in [6, 6.07) is 0. The third kappa shape index (κ3) is 5.15. The van der Waals surface area contributed by atoms with Gasteiger partial charge in [0, 0.05) is 0 Å². The average molecular weight is 186 g/mol. The molecule has 0 rings (SSSR count). The van der Waals surface area contributed by atoms with E-state index in [9.17, 15) is 0 Å². The molecule has 0 aliphatic rings. The van der Waals surface area contributed by atoms with Gasteiger partial charge in [0.05, 0.1) is 0 Å². The summed E-state index contributed by atoms with van der Waals surface area (Å²) in [6.07, 6.45) is 11.6. The predicted molar refractivity (Wildman–Crippen MR) is 66.2 cm³/mol. The van der Waals surface area contributed by atoms with Gasteiger partial charge in [-0.25, -0.2) is 0 Å². The fraction of sp³-hybridized carbons (Fsp3) is 0.143. The molecule has 0 fully saturated rings. The van der Waals surface area contributed by atoms with Gasteiger partial charge in [-0.1, -0.05) is 61.8 Å². The molecule has 0 heteroatoms. The number of hydrogen-bond acceptors (Lipinski definition) is 0. The third-order valence-corrected chi connectivity index (χ3v) is 1.66. The van der Waals surface area contributed by atoms with Crippen molar-refractivity contribution in [2.24, 2.45) is 0 Å². The van der Waals surface area contributed by atoms with Crippen molar-refractivity contribution in [3.8, 4) is 0 Å². The lowest BCUT2D eigenvalue weighted by molar-refractivity contribution is 1.48. The minimum Gasteiger partial charge on any atom is -0.0991 e. The van der Waals surface area contributed by atoms with Gasteiger partial charge in [-0.3, -0.25) is 0 Å². The summed E-state index contributed by atoms with van der Waals surface area (Å²) in [4.78, 5) is 0. The molecule has 0 saturated carbocycles. The van der Waals surface area contributed by atoms with Crippen molar-refractivity contribution in [1.29, 1.82) is 0 Å². The van der Waals surface area contributed by atoms with Crippen molar-refractivity contribution >= 4 is 0 Å². The van der Waals surface area contributed by atoms with Crippen molar-refractivity contribution in [2.45, 2.75) is 13.8 Å². The van der Waals surface area contributed by atoms with Crippen molar-refractivity contribution < 1.29 is 0 Å². The minimum absolute atomic E-state index is 0.977. The zero-order valence-corrected chi connectivity index (χ0v) is 9.09. The van der Waals surface area contributed by atoms with E-state index >= 15 is 0 Å². The first kappa shape index (κ1) is 12.4. The van der Waals surface area contributed by atoms with Crippen LogP contribution in [0.25, 0.3) is 0 Å². The molecule has 0 aromatic heterocycles. The summed E-state index contributed by atoms with van der Waals surface area (Å²) in [6.45, 7) is 15.3. The van der Waals surface area contributed by atoms with Crippen molar-refractivity contribution in [2.75, 3.05) is 0 Å². The standard InChI is InChI=1S/C14H18/c1-6-8-9-13(5)14(7-2)11-10-12(3)4/h6-11H,1,3,5H2,2,4H3/b9-8-,11-10-,14-7+. The van der Waals surface area contributed by atoms with Crippen LogP contribution in [0.15, 0.2) is 72.9 Å². The number of rotatable bonds is 5. The van der Waals surface area contributed by atoms with Gasteiger partial charge < -0.3 is 0 Å². The average Bonchev–Trinajstić information content (AvgIpc) is 2.15. The maximum atomic E-state index is 3.96. The van der Waals surface area contributed by atoms with Crippen molar-refractivity contribution in [1.82, 2.24) is 0 Å². The Morgan fingerprint density at radius 3 is 2.14 bits per heavy atom. The molecule has 0 aliphatic heterocycles. The second-order valence-corrected chi connectivity index (χ2v) is 3.04. The predicted octanol–water partition coefficient (Wildman–Crippen LogP) is 4.36. The second-order valence-electron chi connectivity index (χ2n) is 3.04. The lowest BCUT2D eigenvalue weighted by Gasteiger charge is -1.99. The summed E-state index contributed by atoms with van der Waals surface area (Å²) in [7, 11) is 0. The van der Waals surface area contributed by atoms with Crippen LogP contribution >= 0.6 is 0 Å². The Morgan fingerprint density at radius 1 is 1.07 bits per heavy atom. The SMILES string of the molecule is C=C/C=C\C(=C)C(/C=C\C(=C)C)=C/C. The molecule has 0 radical (unpaired) electrons. The molecular weight excluding hydrogens is 168 g/mol. The first-order chi connectivity index (χ1) is 6.61. The van der Waals surface area contributed by atoms with Gasteiger partial charge in [0.2, 0.25) is 0 Å². The van der Waals surface area contributed by atoms with Crippen LogP contribution in [0.1, 0.15) is 13.8 Å². The van der Waals surface area contributed by atoms with Gasteiger partial charge in [-0.15, -0.1) is 0 Å². The van der Waals surface area contributed by atoms with Gasteiger partial charge >= 0.3 is 0 Å². The molecule has 14 heavy (non-hydrogen) atoms. The van der Waals surface area contributed by atoms with E-state index in [1.807, 2.05) is 44.2 Å². The number of allylic oxidation sites excluding steroid dienone is 9. The highest BCUT2D eigenvalue weighted by Crippen LogP contribution is 2.11. The van der Waals surface area contributed by atoms with E-state index in [2.05, 4.69) is 19.7 Å². The van der Waals surface area contributed by atoms with Gasteiger partial charge in [-0.2, -0.15) is 0 Å². The van der Waals surface area contributed by atoms with Gasteiger partial charge in [-0.05, 0) is 25.0 Å². The molecule has 0 aromatic carbocycles. The maximum absolute atomic E-state index is 3.96. The van der Waals surface area contributed by atoms with E-state index in [0.717, 1.165) is 16.7 Å². The molecule has 0 unspecified atom stereocenters. The zero-order chi connectivity index (χ0) is 11.0. The molecule has 0 N–H and O–H groups in total. The molecule has 0 aromatic rings. The maximum Gasteiger partial charge on any atom is -0.0233 e. The van der Waals surface area contributed by atoms with Gasteiger partial charge in [0.15, 0.2) is 0 Å². The fourth-order valence-electron chi connectivity index (χ4n) is 0.901. The highest BCUT2D eigenvalue weighted by Gasteiger charge is 1.92. The van der Waals surface area contributed by atoms with Crippen LogP contribution in [0.5, 0.6) is 0 Å². The summed E-state index contributed by atoms with van der Waals surface area (Å²) >= 11 is 0. The lowest BCUT2D eigenvalue weighted by Crippen LogP contribution is -1.80. The third-order valence-electron chi connectivity index (χ3n) is 1.66. The fourth-order valence-corrected chi connectivity index (χ4v) is 0.901. The molecule has 0 nitrogen and oxygen atoms in total. The Bertz CT molecular complexity index is 309. The van der Waals surface area contributed by atoms with Gasteiger partial charge in [0.25, 0.3) is 0 Å². The molecule has 0 saturated heterocycles. The van der Waals surface area contributed by atoms with E-state index in [0.29, 0.717) is 0 Å². The second kappa shape index (κ2) is 6.90. The molecule has 0 aliphatic carbocycles. The lowest BCUT2D eigenvalue weighted by atomic mass is 10.1. The Morgan fingerprint density at radius 2 is 1.71 bits per heavy atom. The Balaban J connectivity index is 4.59. The zero-order valence-electron chi connectivity index (χ0n) is 9.09. The normalized spacial score (nSPS) is 12.3. The first-order valence-corrected chi connectivity index (χ1v) is 4.60. The number of hydrogen-bond donors (Lipinski definition) is 0. The molecule has 0 heterocycles. The van der Waals surface area contributed by atoms with Crippen molar-refractivity contribution in [3.05, 3.63) is 72.9 Å².